The SMILES string of the molecule is N#Cc1cccc(OS(=O)(=O)c2cc(Br)ccc2Br)c1. The van der Waals surface area contributed by atoms with Gasteiger partial charge in [0.2, 0.25) is 0 Å². The first-order chi connectivity index (χ1) is 9.42. The van der Waals surface area contributed by atoms with Crippen molar-refractivity contribution in [2.75, 3.05) is 0 Å². The molecule has 7 heteroatoms. The van der Waals surface area contributed by atoms with E-state index in [9.17, 15) is 8.42 Å². The van der Waals surface area contributed by atoms with Gasteiger partial charge in [-0.2, -0.15) is 13.7 Å². The molecule has 4 nitrogen and oxygen atoms in total. The topological polar surface area (TPSA) is 67.2 Å². The van der Waals surface area contributed by atoms with Crippen LogP contribution in [0.5, 0.6) is 5.75 Å². The third-order valence-electron chi connectivity index (χ3n) is 2.33. The third kappa shape index (κ3) is 3.39. The maximum absolute atomic E-state index is 12.2. The summed E-state index contributed by atoms with van der Waals surface area (Å²) in [5.74, 6) is 0.0934. The van der Waals surface area contributed by atoms with Gasteiger partial charge in [0.25, 0.3) is 0 Å². The van der Waals surface area contributed by atoms with Crippen molar-refractivity contribution in [2.24, 2.45) is 0 Å². The minimum Gasteiger partial charge on any atom is -0.379 e. The Morgan fingerprint density at radius 2 is 1.85 bits per heavy atom. The fourth-order valence-corrected chi connectivity index (χ4v) is 3.84. The third-order valence-corrected chi connectivity index (χ3v) is 5.07. The summed E-state index contributed by atoms with van der Waals surface area (Å²) < 4.78 is 30.5. The number of benzene rings is 2. The van der Waals surface area contributed by atoms with Crippen molar-refractivity contribution in [1.29, 1.82) is 5.26 Å². The number of rotatable bonds is 3. The van der Waals surface area contributed by atoms with Crippen LogP contribution < -0.4 is 4.18 Å². The highest BCUT2D eigenvalue weighted by Gasteiger charge is 2.20. The van der Waals surface area contributed by atoms with Crippen LogP contribution in [0.1, 0.15) is 5.56 Å². The average Bonchev–Trinajstić information content (AvgIpc) is 2.41. The predicted octanol–water partition coefficient (Wildman–Crippen LogP) is 3.85. The summed E-state index contributed by atoms with van der Waals surface area (Å²) in [6.45, 7) is 0. The van der Waals surface area contributed by atoms with Crippen molar-refractivity contribution >= 4 is 42.0 Å². The van der Waals surface area contributed by atoms with Gasteiger partial charge in [0.15, 0.2) is 0 Å². The molecule has 0 fully saturated rings. The molecule has 2 rings (SSSR count). The van der Waals surface area contributed by atoms with Crippen LogP contribution >= 0.6 is 31.9 Å². The first-order valence-corrected chi connectivity index (χ1v) is 8.31. The van der Waals surface area contributed by atoms with Crippen molar-refractivity contribution in [3.05, 3.63) is 57.0 Å². The Balaban J connectivity index is 2.41. The number of nitriles is 1. The first kappa shape index (κ1) is 15.0. The Labute approximate surface area is 133 Å². The fraction of sp³-hybridized carbons (Fsp3) is 0. The molecule has 20 heavy (non-hydrogen) atoms. The molecular formula is C13H7Br2NO3S. The molecule has 0 atom stereocenters. The highest BCUT2D eigenvalue weighted by atomic mass is 79.9. The Morgan fingerprint density at radius 3 is 2.55 bits per heavy atom. The summed E-state index contributed by atoms with van der Waals surface area (Å²) >= 11 is 6.39. The van der Waals surface area contributed by atoms with Gasteiger partial charge in [-0.1, -0.05) is 22.0 Å². The number of hydrogen-bond acceptors (Lipinski definition) is 4. The average molecular weight is 417 g/mol. The van der Waals surface area contributed by atoms with E-state index in [1.807, 2.05) is 6.07 Å². The summed E-state index contributed by atoms with van der Waals surface area (Å²) in [6, 6.07) is 12.6. The molecule has 0 heterocycles. The molecule has 0 aliphatic heterocycles. The molecule has 0 aliphatic rings. The zero-order valence-corrected chi connectivity index (χ0v) is 13.9. The lowest BCUT2D eigenvalue weighted by Gasteiger charge is -2.09. The fourth-order valence-electron chi connectivity index (χ4n) is 1.46. The van der Waals surface area contributed by atoms with Crippen molar-refractivity contribution in [3.63, 3.8) is 0 Å². The van der Waals surface area contributed by atoms with E-state index in [4.69, 9.17) is 9.44 Å². The second kappa shape index (κ2) is 5.95. The van der Waals surface area contributed by atoms with Crippen LogP contribution in [0.25, 0.3) is 0 Å². The van der Waals surface area contributed by atoms with Crippen LogP contribution in [0.15, 0.2) is 56.3 Å². The molecule has 0 aliphatic carbocycles. The standard InChI is InChI=1S/C13H7Br2NO3S/c14-10-4-5-12(15)13(7-10)20(17,18)19-11-3-1-2-9(6-11)8-16/h1-7H. The van der Waals surface area contributed by atoms with E-state index in [-0.39, 0.29) is 10.6 Å². The van der Waals surface area contributed by atoms with Gasteiger partial charge in [-0.05, 0) is 52.3 Å². The van der Waals surface area contributed by atoms with Crippen LogP contribution in [-0.4, -0.2) is 8.42 Å². The van der Waals surface area contributed by atoms with Gasteiger partial charge in [0, 0.05) is 8.95 Å². The maximum Gasteiger partial charge on any atom is 0.340 e. The van der Waals surface area contributed by atoms with E-state index in [1.165, 1.54) is 18.2 Å². The van der Waals surface area contributed by atoms with Crippen LogP contribution in [0, 0.1) is 11.3 Å². The van der Waals surface area contributed by atoms with E-state index in [0.717, 1.165) is 0 Å². The maximum atomic E-state index is 12.2. The molecule has 0 unspecified atom stereocenters. The van der Waals surface area contributed by atoms with Gasteiger partial charge >= 0.3 is 10.1 Å². The van der Waals surface area contributed by atoms with E-state index in [0.29, 0.717) is 14.5 Å². The number of nitrogens with zero attached hydrogens (tertiary/aromatic N) is 1. The van der Waals surface area contributed by atoms with E-state index in [1.54, 1.807) is 24.3 Å². The van der Waals surface area contributed by atoms with Gasteiger partial charge in [-0.25, -0.2) is 0 Å². The van der Waals surface area contributed by atoms with Crippen molar-refractivity contribution in [2.45, 2.75) is 4.90 Å². The molecule has 2 aromatic carbocycles. The highest BCUT2D eigenvalue weighted by Crippen LogP contribution is 2.28. The summed E-state index contributed by atoms with van der Waals surface area (Å²) in [5, 5.41) is 8.79. The Kier molecular flexibility index (Phi) is 4.48. The van der Waals surface area contributed by atoms with Gasteiger partial charge in [0.1, 0.15) is 10.6 Å². The van der Waals surface area contributed by atoms with E-state index in [2.05, 4.69) is 31.9 Å². The van der Waals surface area contributed by atoms with Crippen molar-refractivity contribution < 1.29 is 12.6 Å². The zero-order valence-electron chi connectivity index (χ0n) is 9.88. The summed E-state index contributed by atoms with van der Waals surface area (Å²) in [6.07, 6.45) is 0. The smallest absolute Gasteiger partial charge is 0.340 e. The molecule has 0 radical (unpaired) electrons. The number of halogens is 2. The molecule has 0 spiro atoms. The van der Waals surface area contributed by atoms with Crippen LogP contribution in [0.4, 0.5) is 0 Å². The second-order valence-corrected chi connectivity index (χ2v) is 7.04. The van der Waals surface area contributed by atoms with Crippen molar-refractivity contribution in [1.82, 2.24) is 0 Å². The first-order valence-electron chi connectivity index (χ1n) is 5.32. The minimum atomic E-state index is -3.98. The van der Waals surface area contributed by atoms with Crippen molar-refractivity contribution in [3.8, 4) is 11.8 Å². The highest BCUT2D eigenvalue weighted by molar-refractivity contribution is 9.11. The Hall–Kier alpha value is -1.36. The molecule has 0 amide bonds. The molecule has 102 valence electrons. The molecule has 0 bridgehead atoms. The van der Waals surface area contributed by atoms with Gasteiger partial charge in [-0.15, -0.1) is 0 Å². The summed E-state index contributed by atoms with van der Waals surface area (Å²) in [7, 11) is -3.98. The molecule has 0 saturated carbocycles. The van der Waals surface area contributed by atoms with Gasteiger partial charge in [-0.3, -0.25) is 0 Å². The van der Waals surface area contributed by atoms with Crippen LogP contribution in [0.2, 0.25) is 0 Å². The molecule has 2 aromatic rings. The lowest BCUT2D eigenvalue weighted by atomic mass is 10.2. The minimum absolute atomic E-state index is 0.00855. The summed E-state index contributed by atoms with van der Waals surface area (Å²) in [5.41, 5.74) is 0.325. The molecule has 0 aromatic heterocycles. The largest absolute Gasteiger partial charge is 0.379 e. The van der Waals surface area contributed by atoms with Crippen LogP contribution in [-0.2, 0) is 10.1 Å². The normalized spacial score (nSPS) is 10.8. The van der Waals surface area contributed by atoms with E-state index < -0.39 is 10.1 Å². The Morgan fingerprint density at radius 1 is 1.10 bits per heavy atom. The predicted molar refractivity (Wildman–Crippen MR) is 80.8 cm³/mol. The lowest BCUT2D eigenvalue weighted by molar-refractivity contribution is 0.485. The molecule has 0 saturated heterocycles. The van der Waals surface area contributed by atoms with Crippen LogP contribution in [0.3, 0.4) is 0 Å². The molecular weight excluding hydrogens is 410 g/mol. The van der Waals surface area contributed by atoms with Gasteiger partial charge < -0.3 is 4.18 Å². The molecule has 0 N–H and O–H groups in total. The lowest BCUT2D eigenvalue weighted by Crippen LogP contribution is -2.10. The summed E-state index contributed by atoms with van der Waals surface area (Å²) in [4.78, 5) is 0.00855. The van der Waals surface area contributed by atoms with E-state index >= 15 is 0 Å². The number of hydrogen-bond donors (Lipinski definition) is 0. The van der Waals surface area contributed by atoms with Gasteiger partial charge in [0.05, 0.1) is 11.6 Å². The monoisotopic (exact) mass is 415 g/mol. The zero-order chi connectivity index (χ0) is 14.8. The second-order valence-electron chi connectivity index (χ2n) is 3.75. The Bertz CT molecular complexity index is 798. The quantitative estimate of drug-likeness (QED) is 0.712.